The molecule has 4 heteroatoms. The van der Waals surface area contributed by atoms with E-state index in [9.17, 15) is 0 Å². The average Bonchev–Trinajstić information content (AvgIpc) is 3.38. The minimum atomic E-state index is 0.101. The lowest BCUT2D eigenvalue weighted by Gasteiger charge is -2.17. The molecular weight excluding hydrogens is 236 g/mol. The Morgan fingerprint density at radius 2 is 1.89 bits per heavy atom. The Morgan fingerprint density at radius 3 is 2.47 bits per heavy atom. The van der Waals surface area contributed by atoms with Crippen molar-refractivity contribution in [2.24, 2.45) is 5.73 Å². The van der Waals surface area contributed by atoms with E-state index >= 15 is 0 Å². The first-order valence-electron chi connectivity index (χ1n) is 7.05. The molecule has 0 atom stereocenters. The van der Waals surface area contributed by atoms with Crippen LogP contribution in [0.4, 0.5) is 0 Å². The van der Waals surface area contributed by atoms with Crippen molar-refractivity contribution in [2.75, 3.05) is 0 Å². The van der Waals surface area contributed by atoms with Gasteiger partial charge in [0.05, 0.1) is 12.0 Å². The zero-order valence-electron chi connectivity index (χ0n) is 10.9. The standard InChI is InChI=1S/C15H18N4/c16-10-13-17-18-14(19(13)12-6-7-12)15(8-9-15)11-4-2-1-3-5-11/h1-5,12H,6-10,16H2. The molecule has 19 heavy (non-hydrogen) atoms. The summed E-state index contributed by atoms with van der Waals surface area (Å²) in [6.07, 6.45) is 4.82. The fraction of sp³-hybridized carbons (Fsp3) is 0.467. The maximum absolute atomic E-state index is 5.81. The van der Waals surface area contributed by atoms with E-state index in [-0.39, 0.29) is 5.41 Å². The largest absolute Gasteiger partial charge is 0.324 e. The number of nitrogens with zero attached hydrogens (tertiary/aromatic N) is 3. The summed E-state index contributed by atoms with van der Waals surface area (Å²) < 4.78 is 2.32. The van der Waals surface area contributed by atoms with Gasteiger partial charge in [0.2, 0.25) is 0 Å². The Kier molecular flexibility index (Phi) is 2.30. The number of benzene rings is 1. The fourth-order valence-corrected chi connectivity index (χ4v) is 3.03. The molecule has 0 saturated heterocycles. The lowest BCUT2D eigenvalue weighted by molar-refractivity contribution is 0.605. The second-order valence-corrected chi connectivity index (χ2v) is 5.69. The van der Waals surface area contributed by atoms with E-state index in [4.69, 9.17) is 5.73 Å². The van der Waals surface area contributed by atoms with Gasteiger partial charge in [-0.2, -0.15) is 0 Å². The Hall–Kier alpha value is -1.68. The SMILES string of the molecule is NCc1nnc(C2(c3ccccc3)CC2)n1C1CC1. The van der Waals surface area contributed by atoms with Gasteiger partial charge in [-0.25, -0.2) is 0 Å². The van der Waals surface area contributed by atoms with Crippen molar-refractivity contribution >= 4 is 0 Å². The summed E-state index contributed by atoms with van der Waals surface area (Å²) in [4.78, 5) is 0. The maximum atomic E-state index is 5.81. The lowest BCUT2D eigenvalue weighted by Crippen LogP contribution is -2.18. The molecule has 0 bridgehead atoms. The van der Waals surface area contributed by atoms with Crippen LogP contribution >= 0.6 is 0 Å². The van der Waals surface area contributed by atoms with Crippen molar-refractivity contribution < 1.29 is 0 Å². The van der Waals surface area contributed by atoms with Crippen molar-refractivity contribution in [3.8, 4) is 0 Å². The van der Waals surface area contributed by atoms with Crippen LogP contribution in [0.5, 0.6) is 0 Å². The average molecular weight is 254 g/mol. The minimum absolute atomic E-state index is 0.101. The predicted molar refractivity (Wildman–Crippen MR) is 72.6 cm³/mol. The van der Waals surface area contributed by atoms with Crippen LogP contribution in [0.1, 0.15) is 48.9 Å². The number of hydrogen-bond donors (Lipinski definition) is 1. The molecule has 2 aromatic rings. The summed E-state index contributed by atoms with van der Waals surface area (Å²) in [5.74, 6) is 2.08. The van der Waals surface area contributed by atoms with Gasteiger partial charge in [0.15, 0.2) is 0 Å². The molecule has 1 aromatic heterocycles. The summed E-state index contributed by atoms with van der Waals surface area (Å²) >= 11 is 0. The molecule has 0 amide bonds. The van der Waals surface area contributed by atoms with E-state index in [1.54, 1.807) is 0 Å². The van der Waals surface area contributed by atoms with Gasteiger partial charge >= 0.3 is 0 Å². The number of aromatic nitrogens is 3. The van der Waals surface area contributed by atoms with Crippen LogP contribution in [0, 0.1) is 0 Å². The molecule has 98 valence electrons. The Bertz CT molecular complexity index is 594. The first-order chi connectivity index (χ1) is 9.35. The second-order valence-electron chi connectivity index (χ2n) is 5.69. The third-order valence-electron chi connectivity index (χ3n) is 4.37. The summed E-state index contributed by atoms with van der Waals surface area (Å²) in [6.45, 7) is 0.481. The first-order valence-corrected chi connectivity index (χ1v) is 7.05. The van der Waals surface area contributed by atoms with Crippen molar-refractivity contribution in [1.29, 1.82) is 0 Å². The quantitative estimate of drug-likeness (QED) is 0.909. The van der Waals surface area contributed by atoms with Crippen molar-refractivity contribution in [3.63, 3.8) is 0 Å². The Balaban J connectivity index is 1.83. The zero-order chi connectivity index (χ0) is 12.9. The van der Waals surface area contributed by atoms with Crippen LogP contribution in [-0.4, -0.2) is 14.8 Å². The Labute approximate surface area is 112 Å². The molecule has 1 heterocycles. The molecule has 2 aliphatic carbocycles. The zero-order valence-corrected chi connectivity index (χ0v) is 10.9. The third-order valence-corrected chi connectivity index (χ3v) is 4.37. The summed E-state index contributed by atoms with van der Waals surface area (Å²) in [6, 6.07) is 11.3. The van der Waals surface area contributed by atoms with E-state index in [0.29, 0.717) is 12.6 Å². The summed E-state index contributed by atoms with van der Waals surface area (Å²) in [7, 11) is 0. The van der Waals surface area contributed by atoms with E-state index in [1.165, 1.54) is 31.2 Å². The minimum Gasteiger partial charge on any atom is -0.324 e. The number of nitrogens with two attached hydrogens (primary N) is 1. The molecule has 4 rings (SSSR count). The van der Waals surface area contributed by atoms with Crippen molar-refractivity contribution in [2.45, 2.75) is 43.7 Å². The molecule has 2 saturated carbocycles. The summed E-state index contributed by atoms with van der Waals surface area (Å²) in [5.41, 5.74) is 7.28. The van der Waals surface area contributed by atoms with Crippen LogP contribution in [0.25, 0.3) is 0 Å². The topological polar surface area (TPSA) is 56.7 Å². The maximum Gasteiger partial charge on any atom is 0.147 e. The molecule has 2 fully saturated rings. The van der Waals surface area contributed by atoms with E-state index < -0.39 is 0 Å². The number of hydrogen-bond acceptors (Lipinski definition) is 3. The molecule has 0 aliphatic heterocycles. The van der Waals surface area contributed by atoms with Crippen molar-refractivity contribution in [1.82, 2.24) is 14.8 Å². The van der Waals surface area contributed by atoms with Crippen LogP contribution in [0.2, 0.25) is 0 Å². The Morgan fingerprint density at radius 1 is 1.16 bits per heavy atom. The van der Waals surface area contributed by atoms with Crippen LogP contribution in [-0.2, 0) is 12.0 Å². The van der Waals surface area contributed by atoms with Crippen LogP contribution in [0.3, 0.4) is 0 Å². The molecule has 0 unspecified atom stereocenters. The van der Waals surface area contributed by atoms with E-state index in [0.717, 1.165) is 11.6 Å². The van der Waals surface area contributed by atoms with Gasteiger partial charge in [-0.1, -0.05) is 30.3 Å². The van der Waals surface area contributed by atoms with Gasteiger partial charge in [0.25, 0.3) is 0 Å². The van der Waals surface area contributed by atoms with Crippen molar-refractivity contribution in [3.05, 3.63) is 47.5 Å². The lowest BCUT2D eigenvalue weighted by atomic mass is 9.95. The van der Waals surface area contributed by atoms with Crippen LogP contribution in [0.15, 0.2) is 30.3 Å². The highest BCUT2D eigenvalue weighted by Crippen LogP contribution is 2.54. The van der Waals surface area contributed by atoms with Gasteiger partial charge in [-0.15, -0.1) is 10.2 Å². The van der Waals surface area contributed by atoms with Gasteiger partial charge in [-0.05, 0) is 31.2 Å². The second kappa shape index (κ2) is 3.90. The van der Waals surface area contributed by atoms with Gasteiger partial charge in [0.1, 0.15) is 11.6 Å². The molecule has 4 nitrogen and oxygen atoms in total. The molecule has 0 spiro atoms. The summed E-state index contributed by atoms with van der Waals surface area (Å²) in [5, 5.41) is 8.81. The third kappa shape index (κ3) is 1.63. The smallest absolute Gasteiger partial charge is 0.147 e. The van der Waals surface area contributed by atoms with Crippen LogP contribution < -0.4 is 5.73 Å². The highest BCUT2D eigenvalue weighted by Gasteiger charge is 2.51. The predicted octanol–water partition coefficient (Wildman–Crippen LogP) is 2.15. The van der Waals surface area contributed by atoms with Gasteiger partial charge in [-0.3, -0.25) is 0 Å². The first kappa shape index (κ1) is 11.2. The van der Waals surface area contributed by atoms with E-state index in [2.05, 4.69) is 45.1 Å². The molecule has 1 aromatic carbocycles. The van der Waals surface area contributed by atoms with Gasteiger partial charge < -0.3 is 10.3 Å². The molecule has 2 N–H and O–H groups in total. The highest BCUT2D eigenvalue weighted by molar-refractivity contribution is 5.40. The molecular formula is C15H18N4. The highest BCUT2D eigenvalue weighted by atomic mass is 15.3. The normalized spacial score (nSPS) is 20.5. The molecule has 2 aliphatic rings. The molecule has 0 radical (unpaired) electrons. The monoisotopic (exact) mass is 254 g/mol. The van der Waals surface area contributed by atoms with E-state index in [1.807, 2.05) is 0 Å². The number of rotatable bonds is 4. The van der Waals surface area contributed by atoms with Gasteiger partial charge in [0, 0.05) is 6.04 Å². The fourth-order valence-electron chi connectivity index (χ4n) is 3.03.